The van der Waals surface area contributed by atoms with Gasteiger partial charge < -0.3 is 19.9 Å². The summed E-state index contributed by atoms with van der Waals surface area (Å²) in [7, 11) is 1.47. The van der Waals surface area contributed by atoms with Crippen molar-refractivity contribution in [1.82, 2.24) is 5.32 Å². The molecule has 1 aromatic carbocycles. The van der Waals surface area contributed by atoms with E-state index in [1.807, 2.05) is 13.8 Å². The Morgan fingerprint density at radius 3 is 2.54 bits per heavy atom. The summed E-state index contributed by atoms with van der Waals surface area (Å²) in [5.41, 5.74) is -0.515. The highest BCUT2D eigenvalue weighted by Crippen LogP contribution is 2.45. The number of ether oxygens (including phenoxy) is 2. The molecule has 7 heteroatoms. The smallest absolute Gasteiger partial charge is 0.311 e. The van der Waals surface area contributed by atoms with Gasteiger partial charge in [0.1, 0.15) is 0 Å². The van der Waals surface area contributed by atoms with Gasteiger partial charge in [0.05, 0.1) is 24.2 Å². The fourth-order valence-electron chi connectivity index (χ4n) is 2.21. The van der Waals surface area contributed by atoms with E-state index in [0.29, 0.717) is 42.4 Å². The highest BCUT2D eigenvalue weighted by Gasteiger charge is 2.50. The summed E-state index contributed by atoms with van der Waals surface area (Å²) in [5, 5.41) is 12.1. The molecule has 1 fully saturated rings. The molecule has 0 heterocycles. The van der Waals surface area contributed by atoms with Crippen LogP contribution in [0.1, 0.15) is 37.0 Å². The maximum absolute atomic E-state index is 12.3. The van der Waals surface area contributed by atoms with E-state index >= 15 is 0 Å². The van der Waals surface area contributed by atoms with Gasteiger partial charge in [-0.05, 0) is 30.9 Å². The second-order valence-electron chi connectivity index (χ2n) is 6.46. The van der Waals surface area contributed by atoms with Crippen molar-refractivity contribution in [2.45, 2.75) is 26.7 Å². The number of carbonyl (C=O) groups excluding carboxylic acids is 1. The third kappa shape index (κ3) is 4.12. The van der Waals surface area contributed by atoms with Gasteiger partial charge in [-0.1, -0.05) is 25.4 Å². The molecule has 0 aliphatic heterocycles. The van der Waals surface area contributed by atoms with E-state index < -0.39 is 17.3 Å². The number of hydrogen-bond acceptors (Lipinski definition) is 4. The number of carboxylic acids is 1. The minimum Gasteiger partial charge on any atom is -0.493 e. The normalized spacial score (nSPS) is 15.0. The number of nitrogens with one attached hydrogen (secondary N) is 1. The van der Waals surface area contributed by atoms with Crippen molar-refractivity contribution in [3.05, 3.63) is 22.7 Å². The van der Waals surface area contributed by atoms with Crippen LogP contribution in [0.5, 0.6) is 11.5 Å². The molecule has 1 aliphatic carbocycles. The number of hydrogen-bond donors (Lipinski definition) is 2. The predicted molar refractivity (Wildman–Crippen MR) is 90.0 cm³/mol. The van der Waals surface area contributed by atoms with Crippen LogP contribution in [0.2, 0.25) is 5.02 Å². The first-order chi connectivity index (χ1) is 11.3. The van der Waals surface area contributed by atoms with Crippen LogP contribution in [-0.4, -0.2) is 37.2 Å². The third-order valence-corrected chi connectivity index (χ3v) is 4.23. The van der Waals surface area contributed by atoms with Gasteiger partial charge in [-0.15, -0.1) is 0 Å². The summed E-state index contributed by atoms with van der Waals surface area (Å²) in [6.07, 6.45) is 1.16. The summed E-state index contributed by atoms with van der Waals surface area (Å²) < 4.78 is 10.9. The molecule has 1 aromatic rings. The SMILES string of the molecule is COc1cc(C(=O)NCC2(C(=O)O)CC2)cc(Cl)c1OCC(C)C. The van der Waals surface area contributed by atoms with Crippen LogP contribution in [0.25, 0.3) is 0 Å². The average molecular weight is 356 g/mol. The minimum absolute atomic E-state index is 0.104. The number of aliphatic carboxylic acids is 1. The molecule has 1 amide bonds. The maximum atomic E-state index is 12.3. The van der Waals surface area contributed by atoms with Crippen molar-refractivity contribution in [3.63, 3.8) is 0 Å². The number of benzene rings is 1. The molecule has 0 radical (unpaired) electrons. The molecule has 6 nitrogen and oxygen atoms in total. The first kappa shape index (κ1) is 18.4. The summed E-state index contributed by atoms with van der Waals surface area (Å²) in [4.78, 5) is 23.4. The van der Waals surface area contributed by atoms with E-state index in [9.17, 15) is 9.59 Å². The average Bonchev–Trinajstić information content (AvgIpc) is 3.31. The summed E-state index contributed by atoms with van der Waals surface area (Å²) in [6.45, 7) is 4.60. The van der Waals surface area contributed by atoms with Crippen LogP contribution in [0.3, 0.4) is 0 Å². The molecule has 0 spiro atoms. The van der Waals surface area contributed by atoms with E-state index in [4.69, 9.17) is 26.2 Å². The van der Waals surface area contributed by atoms with E-state index in [1.165, 1.54) is 19.2 Å². The Labute approximate surface area is 146 Å². The van der Waals surface area contributed by atoms with Crippen molar-refractivity contribution in [2.75, 3.05) is 20.3 Å². The second kappa shape index (κ2) is 7.30. The lowest BCUT2D eigenvalue weighted by molar-refractivity contribution is -0.143. The lowest BCUT2D eigenvalue weighted by Gasteiger charge is -2.16. The van der Waals surface area contributed by atoms with Gasteiger partial charge in [-0.3, -0.25) is 9.59 Å². The first-order valence-electron chi connectivity index (χ1n) is 7.81. The fourth-order valence-corrected chi connectivity index (χ4v) is 2.47. The Morgan fingerprint density at radius 1 is 1.38 bits per heavy atom. The van der Waals surface area contributed by atoms with Crippen LogP contribution in [0.4, 0.5) is 0 Å². The Kier molecular flexibility index (Phi) is 5.59. The van der Waals surface area contributed by atoms with Crippen molar-refractivity contribution in [2.24, 2.45) is 11.3 Å². The van der Waals surface area contributed by atoms with Gasteiger partial charge in [-0.2, -0.15) is 0 Å². The monoisotopic (exact) mass is 355 g/mol. The Bertz CT molecular complexity index is 640. The molecular weight excluding hydrogens is 334 g/mol. The van der Waals surface area contributed by atoms with Gasteiger partial charge in [-0.25, -0.2) is 0 Å². The van der Waals surface area contributed by atoms with Gasteiger partial charge in [0, 0.05) is 12.1 Å². The maximum Gasteiger partial charge on any atom is 0.311 e. The summed E-state index contributed by atoms with van der Waals surface area (Å²) >= 11 is 6.21. The molecule has 132 valence electrons. The van der Waals surface area contributed by atoms with Crippen molar-refractivity contribution < 1.29 is 24.2 Å². The number of carbonyl (C=O) groups is 2. The molecular formula is C17H22ClNO5. The molecule has 0 atom stereocenters. The van der Waals surface area contributed by atoms with Gasteiger partial charge in [0.15, 0.2) is 11.5 Å². The lowest BCUT2D eigenvalue weighted by Crippen LogP contribution is -2.34. The van der Waals surface area contributed by atoms with Crippen molar-refractivity contribution in [3.8, 4) is 11.5 Å². The molecule has 0 bridgehead atoms. The summed E-state index contributed by atoms with van der Waals surface area (Å²) in [5.74, 6) is -0.185. The summed E-state index contributed by atoms with van der Waals surface area (Å²) in [6, 6.07) is 3.03. The van der Waals surface area contributed by atoms with E-state index in [-0.39, 0.29) is 11.6 Å². The number of methoxy groups -OCH3 is 1. The molecule has 24 heavy (non-hydrogen) atoms. The van der Waals surface area contributed by atoms with Crippen LogP contribution < -0.4 is 14.8 Å². The van der Waals surface area contributed by atoms with E-state index in [0.717, 1.165) is 0 Å². The van der Waals surface area contributed by atoms with Gasteiger partial charge in [0.2, 0.25) is 0 Å². The standard InChI is InChI=1S/C17H22ClNO5/c1-10(2)8-24-14-12(18)6-11(7-13(14)23-3)15(20)19-9-17(4-5-17)16(21)22/h6-7,10H,4-5,8-9H2,1-3H3,(H,19,20)(H,21,22). The fraction of sp³-hybridized carbons (Fsp3) is 0.529. The highest BCUT2D eigenvalue weighted by molar-refractivity contribution is 6.32. The lowest BCUT2D eigenvalue weighted by atomic mass is 10.1. The molecule has 1 saturated carbocycles. The highest BCUT2D eigenvalue weighted by atomic mass is 35.5. The Hall–Kier alpha value is -1.95. The zero-order valence-corrected chi connectivity index (χ0v) is 14.8. The molecule has 0 unspecified atom stereocenters. The zero-order valence-electron chi connectivity index (χ0n) is 14.0. The number of rotatable bonds is 8. The van der Waals surface area contributed by atoms with Crippen LogP contribution >= 0.6 is 11.6 Å². The quantitative estimate of drug-likeness (QED) is 0.748. The zero-order chi connectivity index (χ0) is 17.9. The van der Waals surface area contributed by atoms with Crippen LogP contribution in [0.15, 0.2) is 12.1 Å². The van der Waals surface area contributed by atoms with E-state index in [2.05, 4.69) is 5.32 Å². The van der Waals surface area contributed by atoms with Crippen LogP contribution in [-0.2, 0) is 4.79 Å². The molecule has 2 N–H and O–H groups in total. The Balaban J connectivity index is 2.11. The number of halogens is 1. The topological polar surface area (TPSA) is 84.9 Å². The van der Waals surface area contributed by atoms with E-state index in [1.54, 1.807) is 0 Å². The number of carboxylic acid groups (broad SMARTS) is 1. The van der Waals surface area contributed by atoms with Crippen LogP contribution in [0, 0.1) is 11.3 Å². The first-order valence-corrected chi connectivity index (χ1v) is 8.19. The van der Waals surface area contributed by atoms with Gasteiger partial charge >= 0.3 is 5.97 Å². The molecule has 1 aliphatic rings. The van der Waals surface area contributed by atoms with Crippen molar-refractivity contribution in [1.29, 1.82) is 0 Å². The molecule has 2 rings (SSSR count). The van der Waals surface area contributed by atoms with Gasteiger partial charge in [0.25, 0.3) is 5.91 Å². The number of amides is 1. The molecule has 0 aromatic heterocycles. The minimum atomic E-state index is -0.879. The molecule has 0 saturated heterocycles. The largest absolute Gasteiger partial charge is 0.493 e. The third-order valence-electron chi connectivity index (χ3n) is 3.95. The Morgan fingerprint density at radius 2 is 2.04 bits per heavy atom. The predicted octanol–water partition coefficient (Wildman–Crippen LogP) is 2.98. The van der Waals surface area contributed by atoms with Crippen molar-refractivity contribution >= 4 is 23.5 Å². The second-order valence-corrected chi connectivity index (χ2v) is 6.87.